The standard InChI is InChI=1S/C14H19FN2O2S2/c1-9-6-10(2)8-17(7-9)21(18,19)12-5-3-4-11(15)13(12)14(16)20/h3-5,9-10H,6-8H2,1-2H3,(H2,16,20). The molecule has 7 heteroatoms. The van der Waals surface area contributed by atoms with Gasteiger partial charge in [-0.25, -0.2) is 12.8 Å². The molecule has 2 unspecified atom stereocenters. The highest BCUT2D eigenvalue weighted by Gasteiger charge is 2.34. The maximum Gasteiger partial charge on any atom is 0.243 e. The summed E-state index contributed by atoms with van der Waals surface area (Å²) < 4.78 is 40.9. The highest BCUT2D eigenvalue weighted by molar-refractivity contribution is 7.89. The van der Waals surface area contributed by atoms with Crippen LogP contribution >= 0.6 is 12.2 Å². The molecule has 2 atom stereocenters. The molecule has 1 aliphatic rings. The predicted molar refractivity (Wildman–Crippen MR) is 84.0 cm³/mol. The second-order valence-corrected chi connectivity index (χ2v) is 8.09. The number of rotatable bonds is 3. The number of sulfonamides is 1. The first-order chi connectivity index (χ1) is 9.73. The maximum absolute atomic E-state index is 13.9. The van der Waals surface area contributed by atoms with E-state index in [0.29, 0.717) is 13.1 Å². The molecule has 1 heterocycles. The molecule has 1 fully saturated rings. The monoisotopic (exact) mass is 330 g/mol. The second kappa shape index (κ2) is 5.98. The van der Waals surface area contributed by atoms with Gasteiger partial charge in [0.05, 0.1) is 10.5 Å². The normalized spacial score (nSPS) is 24.0. The van der Waals surface area contributed by atoms with Crippen LogP contribution in [0.1, 0.15) is 25.8 Å². The lowest BCUT2D eigenvalue weighted by Gasteiger charge is -2.34. The molecular weight excluding hydrogens is 311 g/mol. The molecular formula is C14H19FN2O2S2. The third kappa shape index (κ3) is 3.25. The molecule has 1 aliphatic heterocycles. The molecule has 0 radical (unpaired) electrons. The molecule has 0 saturated carbocycles. The summed E-state index contributed by atoms with van der Waals surface area (Å²) in [6.45, 7) is 4.89. The van der Waals surface area contributed by atoms with E-state index in [1.54, 1.807) is 0 Å². The minimum atomic E-state index is -3.80. The topological polar surface area (TPSA) is 63.4 Å². The minimum Gasteiger partial charge on any atom is -0.389 e. The van der Waals surface area contributed by atoms with Gasteiger partial charge in [-0.05, 0) is 30.4 Å². The Bertz CT molecular complexity index is 651. The summed E-state index contributed by atoms with van der Waals surface area (Å²) in [5, 5.41) is 0. The van der Waals surface area contributed by atoms with Gasteiger partial charge < -0.3 is 5.73 Å². The van der Waals surface area contributed by atoms with Gasteiger partial charge in [0.15, 0.2) is 0 Å². The van der Waals surface area contributed by atoms with E-state index in [4.69, 9.17) is 18.0 Å². The van der Waals surface area contributed by atoms with Crippen molar-refractivity contribution < 1.29 is 12.8 Å². The number of thiocarbonyl (C=S) groups is 1. The minimum absolute atomic E-state index is 0.142. The highest BCUT2D eigenvalue weighted by Crippen LogP contribution is 2.29. The third-order valence-corrected chi connectivity index (χ3v) is 5.75. The van der Waals surface area contributed by atoms with Gasteiger partial charge in [0.1, 0.15) is 10.8 Å². The number of halogens is 1. The summed E-state index contributed by atoms with van der Waals surface area (Å²) in [4.78, 5) is -0.388. The molecule has 2 N–H and O–H groups in total. The summed E-state index contributed by atoms with van der Waals surface area (Å²) in [6.07, 6.45) is 0.983. The van der Waals surface area contributed by atoms with Crippen LogP contribution in [0.4, 0.5) is 4.39 Å². The molecule has 0 aliphatic carbocycles. The maximum atomic E-state index is 13.9. The Morgan fingerprint density at radius 3 is 2.43 bits per heavy atom. The van der Waals surface area contributed by atoms with Crippen molar-refractivity contribution in [3.63, 3.8) is 0 Å². The van der Waals surface area contributed by atoms with E-state index >= 15 is 0 Å². The Kier molecular flexibility index (Phi) is 4.65. The second-order valence-electron chi connectivity index (χ2n) is 5.75. The van der Waals surface area contributed by atoms with Gasteiger partial charge in [-0.2, -0.15) is 4.31 Å². The van der Waals surface area contributed by atoms with Crippen molar-refractivity contribution in [3.8, 4) is 0 Å². The van der Waals surface area contributed by atoms with E-state index in [2.05, 4.69) is 0 Å². The molecule has 1 aromatic rings. The van der Waals surface area contributed by atoms with Crippen molar-refractivity contribution in [3.05, 3.63) is 29.6 Å². The number of hydrogen-bond donors (Lipinski definition) is 1. The van der Waals surface area contributed by atoms with Crippen molar-refractivity contribution in [1.82, 2.24) is 4.31 Å². The molecule has 21 heavy (non-hydrogen) atoms. The van der Waals surface area contributed by atoms with Crippen molar-refractivity contribution in [1.29, 1.82) is 0 Å². The average Bonchev–Trinajstić information content (AvgIpc) is 2.36. The van der Waals surface area contributed by atoms with E-state index in [9.17, 15) is 12.8 Å². The number of nitrogens with zero attached hydrogens (tertiary/aromatic N) is 1. The van der Waals surface area contributed by atoms with Gasteiger partial charge in [-0.1, -0.05) is 32.1 Å². The van der Waals surface area contributed by atoms with E-state index in [0.717, 1.165) is 12.5 Å². The zero-order chi connectivity index (χ0) is 15.8. The molecule has 0 bridgehead atoms. The van der Waals surface area contributed by atoms with Gasteiger partial charge in [-0.3, -0.25) is 0 Å². The van der Waals surface area contributed by atoms with E-state index in [1.165, 1.54) is 16.4 Å². The molecule has 0 aromatic heterocycles. The van der Waals surface area contributed by atoms with Crippen LogP contribution in [-0.4, -0.2) is 30.8 Å². The SMILES string of the molecule is CC1CC(C)CN(S(=O)(=O)c2cccc(F)c2C(N)=S)C1. The number of benzene rings is 1. The fourth-order valence-corrected chi connectivity index (χ4v) is 5.07. The molecule has 0 spiro atoms. The first-order valence-corrected chi connectivity index (χ1v) is 8.66. The van der Waals surface area contributed by atoms with Crippen LogP contribution in [-0.2, 0) is 10.0 Å². The highest BCUT2D eigenvalue weighted by atomic mass is 32.2. The third-order valence-electron chi connectivity index (χ3n) is 3.67. The molecule has 1 saturated heterocycles. The number of piperidine rings is 1. The van der Waals surface area contributed by atoms with Crippen LogP contribution in [0.5, 0.6) is 0 Å². The van der Waals surface area contributed by atoms with Crippen LogP contribution in [0.2, 0.25) is 0 Å². The Morgan fingerprint density at radius 1 is 1.33 bits per heavy atom. The zero-order valence-corrected chi connectivity index (χ0v) is 13.7. The predicted octanol–water partition coefficient (Wildman–Crippen LogP) is 2.13. The number of nitrogens with two attached hydrogens (primary N) is 1. The quantitative estimate of drug-likeness (QED) is 0.863. The van der Waals surface area contributed by atoms with Gasteiger partial charge >= 0.3 is 0 Å². The number of hydrogen-bond acceptors (Lipinski definition) is 3. The zero-order valence-electron chi connectivity index (χ0n) is 12.0. The fraction of sp³-hybridized carbons (Fsp3) is 0.500. The smallest absolute Gasteiger partial charge is 0.243 e. The van der Waals surface area contributed by atoms with Gasteiger partial charge in [0.2, 0.25) is 10.0 Å². The lowest BCUT2D eigenvalue weighted by molar-refractivity contribution is 0.222. The first kappa shape index (κ1) is 16.3. The first-order valence-electron chi connectivity index (χ1n) is 6.82. The van der Waals surface area contributed by atoms with Crippen LogP contribution in [0, 0.1) is 17.7 Å². The lowest BCUT2D eigenvalue weighted by atomic mass is 9.94. The molecule has 116 valence electrons. The van der Waals surface area contributed by atoms with Crippen molar-refractivity contribution in [2.45, 2.75) is 25.2 Å². The van der Waals surface area contributed by atoms with E-state index in [1.807, 2.05) is 13.8 Å². The van der Waals surface area contributed by atoms with E-state index in [-0.39, 0.29) is 27.3 Å². The van der Waals surface area contributed by atoms with E-state index < -0.39 is 15.8 Å². The Balaban J connectivity index is 2.50. The largest absolute Gasteiger partial charge is 0.389 e. The van der Waals surface area contributed by atoms with Gasteiger partial charge in [-0.15, -0.1) is 0 Å². The molecule has 4 nitrogen and oxygen atoms in total. The summed E-state index contributed by atoms with van der Waals surface area (Å²) in [5.41, 5.74) is 5.31. The van der Waals surface area contributed by atoms with Crippen molar-refractivity contribution in [2.75, 3.05) is 13.1 Å². The Labute approximate surface area is 130 Å². The lowest BCUT2D eigenvalue weighted by Crippen LogP contribution is -2.43. The summed E-state index contributed by atoms with van der Waals surface area (Å²) in [5.74, 6) is -0.169. The van der Waals surface area contributed by atoms with Crippen molar-refractivity contribution in [2.24, 2.45) is 17.6 Å². The van der Waals surface area contributed by atoms with Gasteiger partial charge in [0, 0.05) is 13.1 Å². The molecule has 0 amide bonds. The van der Waals surface area contributed by atoms with Crippen molar-refractivity contribution >= 4 is 27.2 Å². The summed E-state index contributed by atoms with van der Waals surface area (Å²) in [7, 11) is -3.80. The van der Waals surface area contributed by atoms with Crippen LogP contribution in [0.15, 0.2) is 23.1 Å². The fourth-order valence-electron chi connectivity index (χ4n) is 2.90. The summed E-state index contributed by atoms with van der Waals surface area (Å²) >= 11 is 4.81. The van der Waals surface area contributed by atoms with Crippen LogP contribution in [0.25, 0.3) is 0 Å². The van der Waals surface area contributed by atoms with Crippen LogP contribution < -0.4 is 5.73 Å². The van der Waals surface area contributed by atoms with Gasteiger partial charge in [0.25, 0.3) is 0 Å². The Morgan fingerprint density at radius 2 is 1.90 bits per heavy atom. The molecule has 1 aromatic carbocycles. The molecule has 2 rings (SSSR count). The average molecular weight is 330 g/mol. The Hall–Kier alpha value is -1.05. The van der Waals surface area contributed by atoms with Crippen LogP contribution in [0.3, 0.4) is 0 Å². The summed E-state index contributed by atoms with van der Waals surface area (Å²) in [6, 6.07) is 3.88.